The predicted molar refractivity (Wildman–Crippen MR) is 73.7 cm³/mol. The molecule has 7 heteroatoms. The molecule has 2 atom stereocenters. The smallest absolute Gasteiger partial charge is 0.410 e. The minimum atomic E-state index is -1.24. The minimum absolute atomic E-state index is 0.130. The zero-order valence-corrected chi connectivity index (χ0v) is 12.9. The van der Waals surface area contributed by atoms with Gasteiger partial charge in [0.25, 0.3) is 0 Å². The van der Waals surface area contributed by atoms with Crippen LogP contribution in [0.15, 0.2) is 0 Å². The summed E-state index contributed by atoms with van der Waals surface area (Å²) in [5, 5.41) is 9.21. The van der Waals surface area contributed by atoms with E-state index >= 15 is 0 Å². The number of likely N-dealkylation sites (tertiary alicyclic amines) is 1. The Kier molecular flexibility index (Phi) is 5.57. The summed E-state index contributed by atoms with van der Waals surface area (Å²) in [7, 11) is 0. The molecule has 1 saturated heterocycles. The van der Waals surface area contributed by atoms with Gasteiger partial charge in [-0.05, 0) is 34.1 Å². The molecule has 7 nitrogen and oxygen atoms in total. The lowest BCUT2D eigenvalue weighted by Gasteiger charge is -2.25. The first kappa shape index (κ1) is 17.3. The Morgan fingerprint density at radius 1 is 1.33 bits per heavy atom. The van der Waals surface area contributed by atoms with Crippen LogP contribution in [0.3, 0.4) is 0 Å². The summed E-state index contributed by atoms with van der Waals surface area (Å²) in [6.45, 7) is 7.60. The average Bonchev–Trinajstić information content (AvgIpc) is 2.76. The molecule has 21 heavy (non-hydrogen) atoms. The lowest BCUT2D eigenvalue weighted by molar-refractivity contribution is -0.160. The molecule has 1 aliphatic heterocycles. The number of nitrogens with zero attached hydrogens (tertiary/aromatic N) is 1. The second-order valence-electron chi connectivity index (χ2n) is 6.04. The van der Waals surface area contributed by atoms with E-state index in [1.165, 1.54) is 4.90 Å². The molecule has 1 amide bonds. The maximum atomic E-state index is 11.9. The van der Waals surface area contributed by atoms with E-state index in [9.17, 15) is 19.5 Å². The first-order valence-electron chi connectivity index (χ1n) is 7.03. The second kappa shape index (κ2) is 6.78. The zero-order chi connectivity index (χ0) is 16.2. The van der Waals surface area contributed by atoms with Crippen LogP contribution >= 0.6 is 0 Å². The topological polar surface area (TPSA) is 93.1 Å². The molecule has 1 heterocycles. The standard InChI is InChI=1S/C14H23NO6/c1-5-20-12(18)10(11(16)17)9-6-7-15(8-9)13(19)21-14(2,3)4/h9-10H,5-8H2,1-4H3,(H,16,17)/t9-,10?/m1/s1. The molecule has 0 aromatic carbocycles. The number of carbonyl (C=O) groups is 3. The normalized spacial score (nSPS) is 20.0. The number of hydrogen-bond donors (Lipinski definition) is 1. The highest BCUT2D eigenvalue weighted by Crippen LogP contribution is 2.27. The van der Waals surface area contributed by atoms with Gasteiger partial charge in [0.2, 0.25) is 0 Å². The number of aliphatic carboxylic acids is 1. The van der Waals surface area contributed by atoms with E-state index in [0.29, 0.717) is 13.0 Å². The van der Waals surface area contributed by atoms with Crippen LogP contribution in [0.4, 0.5) is 4.79 Å². The number of esters is 1. The first-order chi connectivity index (χ1) is 9.65. The average molecular weight is 301 g/mol. The fourth-order valence-electron chi connectivity index (χ4n) is 2.28. The zero-order valence-electron chi connectivity index (χ0n) is 12.9. The molecule has 1 rings (SSSR count). The van der Waals surface area contributed by atoms with Gasteiger partial charge in [0.05, 0.1) is 6.61 Å². The second-order valence-corrected chi connectivity index (χ2v) is 6.04. The van der Waals surface area contributed by atoms with Crippen LogP contribution in [0, 0.1) is 11.8 Å². The third-order valence-corrected chi connectivity index (χ3v) is 3.15. The molecule has 0 radical (unpaired) electrons. The van der Waals surface area contributed by atoms with Gasteiger partial charge in [0, 0.05) is 19.0 Å². The van der Waals surface area contributed by atoms with Crippen molar-refractivity contribution in [1.82, 2.24) is 4.90 Å². The largest absolute Gasteiger partial charge is 0.481 e. The van der Waals surface area contributed by atoms with E-state index < -0.39 is 35.5 Å². The highest BCUT2D eigenvalue weighted by atomic mass is 16.6. The lowest BCUT2D eigenvalue weighted by atomic mass is 9.92. The van der Waals surface area contributed by atoms with Crippen molar-refractivity contribution in [2.24, 2.45) is 11.8 Å². The molecule has 0 aliphatic carbocycles. The molecule has 1 unspecified atom stereocenters. The van der Waals surface area contributed by atoms with Gasteiger partial charge in [0.1, 0.15) is 5.60 Å². The monoisotopic (exact) mass is 301 g/mol. The van der Waals surface area contributed by atoms with Gasteiger partial charge >= 0.3 is 18.0 Å². The van der Waals surface area contributed by atoms with E-state index in [-0.39, 0.29) is 13.2 Å². The number of rotatable bonds is 4. The number of carbonyl (C=O) groups excluding carboxylic acids is 2. The number of amides is 1. The Balaban J connectivity index is 2.68. The quantitative estimate of drug-likeness (QED) is 0.625. The van der Waals surface area contributed by atoms with E-state index in [4.69, 9.17) is 9.47 Å². The van der Waals surface area contributed by atoms with E-state index in [0.717, 1.165) is 0 Å². The molecule has 0 spiro atoms. The summed E-state index contributed by atoms with van der Waals surface area (Å²) >= 11 is 0. The van der Waals surface area contributed by atoms with Crippen molar-refractivity contribution in [1.29, 1.82) is 0 Å². The summed E-state index contributed by atoms with van der Waals surface area (Å²) in [6.07, 6.45) is -0.0485. The molecule has 0 saturated carbocycles. The van der Waals surface area contributed by atoms with Gasteiger partial charge in [-0.1, -0.05) is 0 Å². The molecular formula is C14H23NO6. The highest BCUT2D eigenvalue weighted by molar-refractivity contribution is 5.94. The maximum Gasteiger partial charge on any atom is 0.410 e. The van der Waals surface area contributed by atoms with Crippen molar-refractivity contribution >= 4 is 18.0 Å². The Bertz CT molecular complexity index is 414. The van der Waals surface area contributed by atoms with Gasteiger partial charge in [-0.15, -0.1) is 0 Å². The minimum Gasteiger partial charge on any atom is -0.481 e. The summed E-state index contributed by atoms with van der Waals surface area (Å²) in [5.41, 5.74) is -0.609. The highest BCUT2D eigenvalue weighted by Gasteiger charge is 2.41. The molecule has 120 valence electrons. The molecule has 0 aromatic heterocycles. The van der Waals surface area contributed by atoms with Crippen molar-refractivity contribution in [2.45, 2.75) is 39.7 Å². The van der Waals surface area contributed by atoms with E-state index in [1.807, 2.05) is 0 Å². The van der Waals surface area contributed by atoms with E-state index in [2.05, 4.69) is 0 Å². The van der Waals surface area contributed by atoms with Crippen molar-refractivity contribution in [3.05, 3.63) is 0 Å². The van der Waals surface area contributed by atoms with Crippen LogP contribution in [0.2, 0.25) is 0 Å². The summed E-state index contributed by atoms with van der Waals surface area (Å²) in [5.74, 6) is -3.66. The molecule has 1 aliphatic rings. The third kappa shape index (κ3) is 4.91. The SMILES string of the molecule is CCOC(=O)C(C(=O)O)[C@@H]1CCN(C(=O)OC(C)(C)C)C1. The summed E-state index contributed by atoms with van der Waals surface area (Å²) in [6, 6.07) is 0. The molecule has 1 fully saturated rings. The lowest BCUT2D eigenvalue weighted by Crippen LogP contribution is -2.38. The van der Waals surface area contributed by atoms with E-state index in [1.54, 1.807) is 27.7 Å². The maximum absolute atomic E-state index is 11.9. The fourth-order valence-corrected chi connectivity index (χ4v) is 2.28. The molecular weight excluding hydrogens is 278 g/mol. The number of ether oxygens (including phenoxy) is 2. The third-order valence-electron chi connectivity index (χ3n) is 3.15. The van der Waals surface area contributed by atoms with Crippen LogP contribution in [0.25, 0.3) is 0 Å². The fraction of sp³-hybridized carbons (Fsp3) is 0.786. The predicted octanol–water partition coefficient (Wildman–Crippen LogP) is 1.51. The first-order valence-corrected chi connectivity index (χ1v) is 7.03. The Morgan fingerprint density at radius 2 is 1.95 bits per heavy atom. The number of carboxylic acid groups (broad SMARTS) is 1. The number of hydrogen-bond acceptors (Lipinski definition) is 5. The molecule has 0 aromatic rings. The summed E-state index contributed by atoms with van der Waals surface area (Å²) < 4.78 is 10.0. The Hall–Kier alpha value is -1.79. The van der Waals surface area contributed by atoms with Crippen LogP contribution in [0.5, 0.6) is 0 Å². The van der Waals surface area contributed by atoms with Gasteiger partial charge in [0.15, 0.2) is 5.92 Å². The van der Waals surface area contributed by atoms with Gasteiger partial charge < -0.3 is 19.5 Å². The molecule has 1 N–H and O–H groups in total. The van der Waals surface area contributed by atoms with Crippen molar-refractivity contribution in [3.8, 4) is 0 Å². The van der Waals surface area contributed by atoms with Gasteiger partial charge in [-0.3, -0.25) is 9.59 Å². The van der Waals surface area contributed by atoms with Crippen LogP contribution in [0.1, 0.15) is 34.1 Å². The summed E-state index contributed by atoms with van der Waals surface area (Å²) in [4.78, 5) is 36.4. The van der Waals surface area contributed by atoms with Crippen LogP contribution in [-0.2, 0) is 19.1 Å². The Labute approximate surface area is 124 Å². The number of carboxylic acids is 1. The molecule has 0 bridgehead atoms. The van der Waals surface area contributed by atoms with Crippen LogP contribution < -0.4 is 0 Å². The van der Waals surface area contributed by atoms with Crippen LogP contribution in [-0.4, -0.2) is 53.3 Å². The van der Waals surface area contributed by atoms with Crippen molar-refractivity contribution in [2.75, 3.05) is 19.7 Å². The van der Waals surface area contributed by atoms with Crippen molar-refractivity contribution < 1.29 is 29.0 Å². The van der Waals surface area contributed by atoms with Gasteiger partial charge in [-0.25, -0.2) is 4.79 Å². The van der Waals surface area contributed by atoms with Crippen molar-refractivity contribution in [3.63, 3.8) is 0 Å². The van der Waals surface area contributed by atoms with Gasteiger partial charge in [-0.2, -0.15) is 0 Å². The Morgan fingerprint density at radius 3 is 2.43 bits per heavy atom.